The van der Waals surface area contributed by atoms with Crippen molar-refractivity contribution in [2.75, 3.05) is 26.9 Å². The fourth-order valence-corrected chi connectivity index (χ4v) is 2.55. The third kappa shape index (κ3) is 4.82. The molecule has 0 unspecified atom stereocenters. The highest BCUT2D eigenvalue weighted by molar-refractivity contribution is 7.07. The van der Waals surface area contributed by atoms with Gasteiger partial charge >= 0.3 is 0 Å². The molecule has 0 saturated carbocycles. The standard InChI is InChI=1S/C16H18FNO3S/c1-20-8-7-18(10-13-6-9-22-12-13)16(19)11-21-15-5-3-2-4-14(15)17/h2-6,9,12H,7-8,10-11H2,1H3. The molecule has 6 heteroatoms. The van der Waals surface area contributed by atoms with Gasteiger partial charge in [0.15, 0.2) is 18.2 Å². The molecule has 1 aromatic carbocycles. The molecule has 0 bridgehead atoms. The maximum atomic E-state index is 13.5. The second-order valence-electron chi connectivity index (χ2n) is 4.66. The summed E-state index contributed by atoms with van der Waals surface area (Å²) < 4.78 is 23.8. The van der Waals surface area contributed by atoms with Crippen molar-refractivity contribution in [1.29, 1.82) is 0 Å². The summed E-state index contributed by atoms with van der Waals surface area (Å²) in [5, 5.41) is 3.95. The highest BCUT2D eigenvalue weighted by Gasteiger charge is 2.15. The monoisotopic (exact) mass is 323 g/mol. The molecule has 4 nitrogen and oxygen atoms in total. The van der Waals surface area contributed by atoms with E-state index in [1.165, 1.54) is 12.1 Å². The van der Waals surface area contributed by atoms with Gasteiger partial charge in [0.05, 0.1) is 6.61 Å². The van der Waals surface area contributed by atoms with Gasteiger partial charge in [-0.25, -0.2) is 4.39 Å². The van der Waals surface area contributed by atoms with Crippen molar-refractivity contribution in [3.63, 3.8) is 0 Å². The van der Waals surface area contributed by atoms with Crippen molar-refractivity contribution in [1.82, 2.24) is 4.90 Å². The van der Waals surface area contributed by atoms with Crippen LogP contribution in [0.1, 0.15) is 5.56 Å². The molecule has 0 N–H and O–H groups in total. The molecule has 0 atom stereocenters. The van der Waals surface area contributed by atoms with Crippen molar-refractivity contribution in [2.45, 2.75) is 6.54 Å². The van der Waals surface area contributed by atoms with Crippen LogP contribution in [0.4, 0.5) is 4.39 Å². The third-order valence-corrected chi connectivity index (χ3v) is 3.79. The predicted molar refractivity (Wildman–Crippen MR) is 83.5 cm³/mol. The van der Waals surface area contributed by atoms with E-state index in [0.29, 0.717) is 19.7 Å². The maximum Gasteiger partial charge on any atom is 0.260 e. The highest BCUT2D eigenvalue weighted by atomic mass is 32.1. The average Bonchev–Trinajstić information content (AvgIpc) is 3.03. The number of thiophene rings is 1. The van der Waals surface area contributed by atoms with Gasteiger partial charge in [-0.1, -0.05) is 12.1 Å². The first-order valence-corrected chi connectivity index (χ1v) is 7.80. The molecule has 1 aromatic heterocycles. The Morgan fingerprint density at radius 1 is 1.32 bits per heavy atom. The summed E-state index contributed by atoms with van der Waals surface area (Å²) in [7, 11) is 1.59. The van der Waals surface area contributed by atoms with Gasteiger partial charge < -0.3 is 14.4 Å². The lowest BCUT2D eigenvalue weighted by Crippen LogP contribution is -2.36. The average molecular weight is 323 g/mol. The summed E-state index contributed by atoms with van der Waals surface area (Å²) >= 11 is 1.58. The predicted octanol–water partition coefficient (Wildman–Crippen LogP) is 2.94. The number of hydrogen-bond donors (Lipinski definition) is 0. The number of rotatable bonds is 8. The van der Waals surface area contributed by atoms with E-state index in [9.17, 15) is 9.18 Å². The van der Waals surface area contributed by atoms with E-state index < -0.39 is 5.82 Å². The number of nitrogens with zero attached hydrogens (tertiary/aromatic N) is 1. The molecule has 0 aliphatic rings. The molecule has 2 rings (SSSR count). The van der Waals surface area contributed by atoms with Crippen LogP contribution in [0.5, 0.6) is 5.75 Å². The zero-order chi connectivity index (χ0) is 15.8. The van der Waals surface area contributed by atoms with E-state index >= 15 is 0 Å². The Morgan fingerprint density at radius 2 is 2.14 bits per heavy atom. The van der Waals surface area contributed by atoms with Gasteiger partial charge in [0, 0.05) is 20.2 Å². The molecule has 0 fully saturated rings. The van der Waals surface area contributed by atoms with Crippen LogP contribution in [0.15, 0.2) is 41.1 Å². The van der Waals surface area contributed by atoms with Crippen molar-refractivity contribution < 1.29 is 18.7 Å². The quantitative estimate of drug-likeness (QED) is 0.750. The number of para-hydroxylation sites is 1. The number of carbonyl (C=O) groups is 1. The first-order valence-electron chi connectivity index (χ1n) is 6.86. The van der Waals surface area contributed by atoms with Crippen LogP contribution in [-0.4, -0.2) is 37.7 Å². The molecule has 0 radical (unpaired) electrons. The molecule has 0 saturated heterocycles. The molecule has 1 heterocycles. The van der Waals surface area contributed by atoms with Crippen molar-refractivity contribution in [3.8, 4) is 5.75 Å². The van der Waals surface area contributed by atoms with Crippen LogP contribution in [0, 0.1) is 5.82 Å². The van der Waals surface area contributed by atoms with Gasteiger partial charge in [-0.3, -0.25) is 4.79 Å². The zero-order valence-electron chi connectivity index (χ0n) is 12.3. The molecular weight excluding hydrogens is 305 g/mol. The number of hydrogen-bond acceptors (Lipinski definition) is 4. The highest BCUT2D eigenvalue weighted by Crippen LogP contribution is 2.16. The number of benzene rings is 1. The fraction of sp³-hybridized carbons (Fsp3) is 0.312. The zero-order valence-corrected chi connectivity index (χ0v) is 13.1. The van der Waals surface area contributed by atoms with E-state index in [4.69, 9.17) is 9.47 Å². The van der Waals surface area contributed by atoms with Crippen LogP contribution in [-0.2, 0) is 16.1 Å². The number of ether oxygens (including phenoxy) is 2. The van der Waals surface area contributed by atoms with Gasteiger partial charge in [0.2, 0.25) is 0 Å². The Labute approximate surface area is 133 Å². The Morgan fingerprint density at radius 3 is 2.82 bits per heavy atom. The Balaban J connectivity index is 1.94. The van der Waals surface area contributed by atoms with Crippen molar-refractivity contribution in [2.24, 2.45) is 0 Å². The number of methoxy groups -OCH3 is 1. The SMILES string of the molecule is COCCN(Cc1ccsc1)C(=O)COc1ccccc1F. The summed E-state index contributed by atoms with van der Waals surface area (Å²) in [6.07, 6.45) is 0. The summed E-state index contributed by atoms with van der Waals surface area (Å²) in [4.78, 5) is 13.9. The molecule has 22 heavy (non-hydrogen) atoms. The van der Waals surface area contributed by atoms with Gasteiger partial charge in [-0.05, 0) is 34.5 Å². The van der Waals surface area contributed by atoms with E-state index in [1.54, 1.807) is 35.5 Å². The smallest absolute Gasteiger partial charge is 0.260 e. The van der Waals surface area contributed by atoms with E-state index in [2.05, 4.69) is 0 Å². The van der Waals surface area contributed by atoms with Crippen LogP contribution >= 0.6 is 11.3 Å². The van der Waals surface area contributed by atoms with E-state index in [1.807, 2.05) is 16.8 Å². The molecule has 1 amide bonds. The first-order chi connectivity index (χ1) is 10.7. The summed E-state index contributed by atoms with van der Waals surface area (Å²) in [5.74, 6) is -0.596. The van der Waals surface area contributed by atoms with Gasteiger partial charge in [0.1, 0.15) is 0 Å². The molecule has 0 spiro atoms. The number of halogens is 1. The summed E-state index contributed by atoms with van der Waals surface area (Å²) in [5.41, 5.74) is 1.06. The van der Waals surface area contributed by atoms with E-state index in [-0.39, 0.29) is 18.3 Å². The Hall–Kier alpha value is -1.92. The minimum Gasteiger partial charge on any atom is -0.481 e. The van der Waals surface area contributed by atoms with Crippen molar-refractivity contribution in [3.05, 3.63) is 52.5 Å². The van der Waals surface area contributed by atoms with Crippen LogP contribution in [0.3, 0.4) is 0 Å². The normalized spacial score (nSPS) is 10.5. The summed E-state index contributed by atoms with van der Waals surface area (Å²) in [6, 6.07) is 8.01. The minimum absolute atomic E-state index is 0.0816. The van der Waals surface area contributed by atoms with E-state index in [0.717, 1.165) is 5.56 Å². The van der Waals surface area contributed by atoms with Crippen molar-refractivity contribution >= 4 is 17.2 Å². The minimum atomic E-state index is -0.475. The molecular formula is C16H18FNO3S. The lowest BCUT2D eigenvalue weighted by molar-refractivity contribution is -0.134. The van der Waals surface area contributed by atoms with Crippen LogP contribution in [0.25, 0.3) is 0 Å². The molecule has 2 aromatic rings. The summed E-state index contributed by atoms with van der Waals surface area (Å²) in [6.45, 7) is 1.20. The van der Waals surface area contributed by atoms with Gasteiger partial charge in [0.25, 0.3) is 5.91 Å². The first kappa shape index (κ1) is 16.5. The number of carbonyl (C=O) groups excluding carboxylic acids is 1. The molecule has 0 aliphatic heterocycles. The molecule has 0 aliphatic carbocycles. The van der Waals surface area contributed by atoms with Crippen LogP contribution in [0.2, 0.25) is 0 Å². The second-order valence-corrected chi connectivity index (χ2v) is 5.44. The Kier molecular flexibility index (Phi) is 6.36. The lowest BCUT2D eigenvalue weighted by Gasteiger charge is -2.22. The second kappa shape index (κ2) is 8.51. The number of amides is 1. The largest absolute Gasteiger partial charge is 0.481 e. The topological polar surface area (TPSA) is 38.8 Å². The Bertz CT molecular complexity index is 589. The fourth-order valence-electron chi connectivity index (χ4n) is 1.89. The maximum absolute atomic E-state index is 13.5. The van der Waals surface area contributed by atoms with Gasteiger partial charge in [-0.15, -0.1) is 0 Å². The third-order valence-electron chi connectivity index (χ3n) is 3.06. The lowest BCUT2D eigenvalue weighted by atomic mass is 10.3. The van der Waals surface area contributed by atoms with Crippen LogP contribution < -0.4 is 4.74 Å². The van der Waals surface area contributed by atoms with Gasteiger partial charge in [-0.2, -0.15) is 11.3 Å². The molecule has 118 valence electrons.